The molecule has 0 aromatic carbocycles. The maximum Gasteiger partial charge on any atom is 0.183 e. The maximum absolute atomic E-state index is 7.09. The summed E-state index contributed by atoms with van der Waals surface area (Å²) in [6.07, 6.45) is 0. The molecule has 0 heterocycles. The van der Waals surface area contributed by atoms with Crippen molar-refractivity contribution < 1.29 is 0 Å². The smallest absolute Gasteiger partial charge is 0.183 e. The van der Waals surface area contributed by atoms with E-state index in [1.807, 2.05) is 0 Å². The van der Waals surface area contributed by atoms with E-state index in [9.17, 15) is 0 Å². The van der Waals surface area contributed by atoms with Crippen molar-refractivity contribution in [3.63, 3.8) is 0 Å². The number of hydrogen-bond donors (Lipinski definition) is 6. The Morgan fingerprint density at radius 2 is 1.13 bits per heavy atom. The lowest BCUT2D eigenvalue weighted by Crippen LogP contribution is -2.50. The number of halogens is 1. The first-order valence-corrected chi connectivity index (χ1v) is 3.80. The van der Waals surface area contributed by atoms with Crippen molar-refractivity contribution in [1.82, 2.24) is 0 Å². The zero-order chi connectivity index (χ0) is 11.6. The molecule has 0 aromatic rings. The summed E-state index contributed by atoms with van der Waals surface area (Å²) >= 11 is 0. The van der Waals surface area contributed by atoms with Gasteiger partial charge in [0.1, 0.15) is 11.7 Å². The summed E-state index contributed by atoms with van der Waals surface area (Å²) in [5.41, 5.74) is 18.4. The second-order valence-corrected chi connectivity index (χ2v) is 3.32. The molecule has 0 radical (unpaired) electrons. The lowest BCUT2D eigenvalue weighted by Gasteiger charge is -2.20. The van der Waals surface area contributed by atoms with Crippen LogP contribution in [0.15, 0.2) is 10.2 Å². The van der Waals surface area contributed by atoms with E-state index in [2.05, 4.69) is 10.2 Å². The first-order valence-electron chi connectivity index (χ1n) is 3.80. The van der Waals surface area contributed by atoms with Crippen molar-refractivity contribution in [3.8, 4) is 0 Å². The van der Waals surface area contributed by atoms with Gasteiger partial charge in [-0.15, -0.1) is 12.4 Å². The molecule has 88 valence electrons. The topological polar surface area (TPSA) is 176 Å². The Morgan fingerprint density at radius 3 is 1.27 bits per heavy atom. The van der Waals surface area contributed by atoms with Gasteiger partial charge in [-0.3, -0.25) is 22.3 Å². The van der Waals surface area contributed by atoms with Crippen LogP contribution < -0.4 is 22.9 Å². The lowest BCUT2D eigenvalue weighted by molar-refractivity contribution is 0.527. The Hall–Kier alpha value is -1.25. The third-order valence-electron chi connectivity index (χ3n) is 1.56. The van der Waals surface area contributed by atoms with Crippen LogP contribution >= 0.6 is 12.4 Å². The van der Waals surface area contributed by atoms with E-state index >= 15 is 0 Å². The Kier molecular flexibility index (Phi) is 5.40. The molecule has 9 heteroatoms. The van der Waals surface area contributed by atoms with Crippen molar-refractivity contribution in [2.24, 2.45) is 33.2 Å². The molecule has 0 bridgehead atoms. The zero-order valence-corrected chi connectivity index (χ0v) is 9.43. The van der Waals surface area contributed by atoms with Crippen LogP contribution in [0.3, 0.4) is 0 Å². The summed E-state index contributed by atoms with van der Waals surface area (Å²) in [4.78, 5) is 0. The van der Waals surface area contributed by atoms with Gasteiger partial charge in [-0.25, -0.2) is 0 Å². The van der Waals surface area contributed by atoms with E-state index in [0.717, 1.165) is 0 Å². The molecule has 10 N–H and O–H groups in total. The molecule has 8 nitrogen and oxygen atoms in total. The Balaban J connectivity index is 0. The van der Waals surface area contributed by atoms with Crippen molar-refractivity contribution in [2.75, 3.05) is 0 Å². The van der Waals surface area contributed by atoms with Gasteiger partial charge in [0, 0.05) is 0 Å². The number of azo groups is 1. The fourth-order valence-electron chi connectivity index (χ4n) is 0.315. The number of rotatable bonds is 4. The molecule has 0 saturated heterocycles. The summed E-state index contributed by atoms with van der Waals surface area (Å²) in [7, 11) is 0. The monoisotopic (exact) mass is 236 g/mol. The summed E-state index contributed by atoms with van der Waals surface area (Å²) in [5, 5.41) is 21.3. The first-order chi connectivity index (χ1) is 6.09. The maximum atomic E-state index is 7.09. The number of amidine groups is 2. The van der Waals surface area contributed by atoms with E-state index in [1.165, 1.54) is 13.8 Å². The van der Waals surface area contributed by atoms with Gasteiger partial charge in [-0.1, -0.05) is 0 Å². The molecular formula is C6H17ClN8. The van der Waals surface area contributed by atoms with Crippen molar-refractivity contribution in [1.29, 1.82) is 10.8 Å². The fourth-order valence-corrected chi connectivity index (χ4v) is 0.315. The quantitative estimate of drug-likeness (QED) is 0.210. The Morgan fingerprint density at radius 1 is 0.933 bits per heavy atom. The van der Waals surface area contributed by atoms with E-state index in [4.69, 9.17) is 33.8 Å². The minimum absolute atomic E-state index is 0. The average Bonchev–Trinajstić information content (AvgIpc) is 2.01. The van der Waals surface area contributed by atoms with Crippen molar-refractivity contribution in [3.05, 3.63) is 0 Å². The van der Waals surface area contributed by atoms with Crippen LogP contribution in [0.1, 0.15) is 13.8 Å². The lowest BCUT2D eigenvalue weighted by atomic mass is 10.2. The van der Waals surface area contributed by atoms with Crippen LogP contribution in [0.25, 0.3) is 0 Å². The molecule has 0 aliphatic heterocycles. The van der Waals surface area contributed by atoms with Gasteiger partial charge < -0.3 is 11.5 Å². The largest absolute Gasteiger partial charge is 0.384 e. The predicted octanol–water partition coefficient (Wildman–Crippen LogP) is -0.918. The summed E-state index contributed by atoms with van der Waals surface area (Å²) < 4.78 is 0. The highest BCUT2D eigenvalue weighted by Crippen LogP contribution is 2.07. The summed E-state index contributed by atoms with van der Waals surface area (Å²) in [5.74, 6) is -0.693. The molecule has 0 spiro atoms. The Bertz CT molecular complexity index is 253. The van der Waals surface area contributed by atoms with Gasteiger partial charge in [-0.05, 0) is 13.8 Å². The molecule has 0 aliphatic carbocycles. The number of nitrogens with zero attached hydrogens (tertiary/aromatic N) is 2. The molecule has 0 fully saturated rings. The normalized spacial score (nSPS) is 18.7. The van der Waals surface area contributed by atoms with E-state index in [-0.39, 0.29) is 24.1 Å². The van der Waals surface area contributed by atoms with Crippen LogP contribution in [-0.4, -0.2) is 23.0 Å². The van der Waals surface area contributed by atoms with Crippen LogP contribution in [0.5, 0.6) is 0 Å². The van der Waals surface area contributed by atoms with Gasteiger partial charge in [-0.2, -0.15) is 10.2 Å². The molecular weight excluding hydrogens is 220 g/mol. The van der Waals surface area contributed by atoms with Gasteiger partial charge in [0.05, 0.1) is 0 Å². The molecule has 0 amide bonds. The SMILES string of the molecule is CC(N)(N=NC(C)(N)C(=N)N)C(=N)N.Cl. The number of nitrogens with two attached hydrogens (primary N) is 4. The third-order valence-corrected chi connectivity index (χ3v) is 1.56. The van der Waals surface area contributed by atoms with Crippen LogP contribution in [-0.2, 0) is 0 Å². The van der Waals surface area contributed by atoms with Gasteiger partial charge in [0.2, 0.25) is 0 Å². The zero-order valence-electron chi connectivity index (χ0n) is 8.61. The van der Waals surface area contributed by atoms with Crippen molar-refractivity contribution >= 4 is 24.1 Å². The predicted molar refractivity (Wildman–Crippen MR) is 61.1 cm³/mol. The fraction of sp³-hybridized carbons (Fsp3) is 0.667. The minimum Gasteiger partial charge on any atom is -0.384 e. The summed E-state index contributed by atoms with van der Waals surface area (Å²) in [6, 6.07) is 0. The van der Waals surface area contributed by atoms with Gasteiger partial charge in [0.15, 0.2) is 11.3 Å². The second-order valence-electron chi connectivity index (χ2n) is 3.32. The molecule has 2 atom stereocenters. The standard InChI is InChI=1S/C6H16N8.ClH/c1-5(11,3(7)8)13-14-6(2,12)4(9)10;/h11-12H2,1-2H3,(H3,7,8)(H3,9,10);1H. The first kappa shape index (κ1) is 16.2. The van der Waals surface area contributed by atoms with Gasteiger partial charge in [0.25, 0.3) is 0 Å². The highest BCUT2D eigenvalue weighted by Gasteiger charge is 2.26. The molecule has 0 aliphatic rings. The molecule has 15 heavy (non-hydrogen) atoms. The minimum atomic E-state index is -1.42. The molecule has 0 rings (SSSR count). The highest BCUT2D eigenvalue weighted by atomic mass is 35.5. The van der Waals surface area contributed by atoms with E-state index < -0.39 is 11.3 Å². The number of hydrogen-bond acceptors (Lipinski definition) is 6. The Labute approximate surface area is 93.9 Å². The molecule has 0 aromatic heterocycles. The van der Waals surface area contributed by atoms with Crippen LogP contribution in [0.4, 0.5) is 0 Å². The third kappa shape index (κ3) is 4.68. The molecule has 0 saturated carbocycles. The summed E-state index contributed by atoms with van der Waals surface area (Å²) in [6.45, 7) is 2.80. The van der Waals surface area contributed by atoms with E-state index in [1.54, 1.807) is 0 Å². The van der Waals surface area contributed by atoms with Gasteiger partial charge >= 0.3 is 0 Å². The second kappa shape index (κ2) is 5.01. The molecule has 2 unspecified atom stereocenters. The average molecular weight is 237 g/mol. The van der Waals surface area contributed by atoms with Crippen LogP contribution in [0, 0.1) is 10.8 Å². The van der Waals surface area contributed by atoms with Crippen molar-refractivity contribution in [2.45, 2.75) is 25.2 Å². The number of nitrogens with one attached hydrogen (secondary N) is 2. The van der Waals surface area contributed by atoms with E-state index in [0.29, 0.717) is 0 Å². The van der Waals surface area contributed by atoms with Crippen LogP contribution in [0.2, 0.25) is 0 Å². The highest BCUT2D eigenvalue weighted by molar-refractivity contribution is 5.87.